The number of hydrogen-bond acceptors (Lipinski definition) is 2. The fraction of sp³-hybridized carbons (Fsp3) is 0.409. The summed E-state index contributed by atoms with van der Waals surface area (Å²) < 4.78 is 6.49. The minimum atomic E-state index is 0.118. The zero-order valence-corrected chi connectivity index (χ0v) is 15.1. The Bertz CT molecular complexity index is 883. The van der Waals surface area contributed by atoms with Crippen molar-refractivity contribution in [1.82, 2.24) is 9.97 Å². The summed E-state index contributed by atoms with van der Waals surface area (Å²) in [6.45, 7) is 0. The number of aliphatic imine (C=N–C) groups is 1. The molecule has 3 aliphatic rings. The highest BCUT2D eigenvalue weighted by Crippen LogP contribution is 2.39. The van der Waals surface area contributed by atoms with E-state index >= 15 is 0 Å². The van der Waals surface area contributed by atoms with E-state index in [1.54, 1.807) is 0 Å². The second-order valence-corrected chi connectivity index (χ2v) is 7.55. The molecule has 4 heteroatoms. The molecule has 0 saturated heterocycles. The number of aryl methyl sites for hydroxylation is 1. The van der Waals surface area contributed by atoms with Gasteiger partial charge in [-0.15, -0.1) is 0 Å². The Hall–Kier alpha value is -2.49. The Morgan fingerprint density at radius 3 is 2.81 bits per heavy atom. The van der Waals surface area contributed by atoms with Crippen molar-refractivity contribution in [3.8, 4) is 0 Å². The van der Waals surface area contributed by atoms with Gasteiger partial charge >= 0.3 is 0 Å². The lowest BCUT2D eigenvalue weighted by Crippen LogP contribution is -2.04. The largest absolute Gasteiger partial charge is 0.483 e. The first-order valence-corrected chi connectivity index (χ1v) is 9.91. The van der Waals surface area contributed by atoms with Crippen LogP contribution in [0.15, 0.2) is 46.9 Å². The molecular formula is C22H25N3O. The average Bonchev–Trinajstić information content (AvgIpc) is 3.35. The minimum absolute atomic E-state index is 0.118. The molecule has 2 bridgehead atoms. The van der Waals surface area contributed by atoms with Gasteiger partial charge in [-0.3, -0.25) is 0 Å². The van der Waals surface area contributed by atoms with Gasteiger partial charge in [0.2, 0.25) is 0 Å². The molecule has 2 aromatic rings. The third-order valence-electron chi connectivity index (χ3n) is 5.63. The first-order valence-electron chi connectivity index (χ1n) is 9.91. The summed E-state index contributed by atoms with van der Waals surface area (Å²) in [5.41, 5.74) is 6.73. The molecule has 0 aromatic carbocycles. The van der Waals surface area contributed by atoms with Crippen molar-refractivity contribution < 1.29 is 4.74 Å². The van der Waals surface area contributed by atoms with Gasteiger partial charge in [0, 0.05) is 29.2 Å². The van der Waals surface area contributed by atoms with E-state index in [0.717, 1.165) is 35.7 Å². The van der Waals surface area contributed by atoms with Gasteiger partial charge in [0.05, 0.1) is 11.4 Å². The van der Waals surface area contributed by atoms with Crippen LogP contribution in [0.25, 0.3) is 6.08 Å². The summed E-state index contributed by atoms with van der Waals surface area (Å²) in [7, 11) is 0. The van der Waals surface area contributed by atoms with E-state index in [2.05, 4.69) is 28.2 Å². The number of nitrogens with zero attached hydrogens (tertiary/aromatic N) is 1. The van der Waals surface area contributed by atoms with Crippen LogP contribution in [-0.4, -0.2) is 15.7 Å². The maximum atomic E-state index is 6.49. The number of fused-ring (bicyclic) bond motifs is 2. The summed E-state index contributed by atoms with van der Waals surface area (Å²) in [5.74, 6) is 0.901. The molecule has 0 amide bonds. The molecule has 0 spiro atoms. The molecule has 0 saturated carbocycles. The molecule has 2 aliphatic heterocycles. The minimum Gasteiger partial charge on any atom is -0.483 e. The van der Waals surface area contributed by atoms with Crippen LogP contribution < -0.4 is 0 Å². The highest BCUT2D eigenvalue weighted by molar-refractivity contribution is 6.11. The van der Waals surface area contributed by atoms with Gasteiger partial charge in [-0.05, 0) is 50.0 Å². The van der Waals surface area contributed by atoms with Gasteiger partial charge in [0.1, 0.15) is 17.6 Å². The Morgan fingerprint density at radius 1 is 1.04 bits per heavy atom. The molecule has 0 fully saturated rings. The third-order valence-corrected chi connectivity index (χ3v) is 5.63. The predicted molar refractivity (Wildman–Crippen MR) is 104 cm³/mol. The number of hydrogen-bond donors (Lipinski definition) is 2. The van der Waals surface area contributed by atoms with Crippen LogP contribution in [0, 0.1) is 0 Å². The van der Waals surface area contributed by atoms with Crippen LogP contribution in [0.4, 0.5) is 0 Å². The molecule has 26 heavy (non-hydrogen) atoms. The number of nitrogens with one attached hydrogen (secondary N) is 2. The van der Waals surface area contributed by atoms with E-state index < -0.39 is 0 Å². The summed E-state index contributed by atoms with van der Waals surface area (Å²) in [6.07, 6.45) is 16.3. The molecule has 2 aromatic heterocycles. The summed E-state index contributed by atoms with van der Waals surface area (Å²) in [6, 6.07) is 6.38. The standard InChI is InChI=1S/C22H25N3O/c1-2-4-6-10-21-16-12-15(8-5-3-1)24-18(16)13-20-22(26-21)14-19(25-20)17-9-7-11-23-17/h7,9,11-14,21,23-24H,1-6,8,10H2. The highest BCUT2D eigenvalue weighted by Gasteiger charge is 2.28. The molecule has 1 unspecified atom stereocenters. The molecule has 2 N–H and O–H groups in total. The fourth-order valence-electron chi connectivity index (χ4n) is 4.23. The molecule has 5 rings (SSSR count). The smallest absolute Gasteiger partial charge is 0.148 e. The van der Waals surface area contributed by atoms with Gasteiger partial charge in [0.15, 0.2) is 0 Å². The average molecular weight is 347 g/mol. The summed E-state index contributed by atoms with van der Waals surface area (Å²) in [4.78, 5) is 11.7. The van der Waals surface area contributed by atoms with Gasteiger partial charge in [-0.25, -0.2) is 4.99 Å². The van der Waals surface area contributed by atoms with Crippen LogP contribution in [0.1, 0.15) is 73.7 Å². The number of rotatable bonds is 1. The zero-order valence-electron chi connectivity index (χ0n) is 15.1. The van der Waals surface area contributed by atoms with E-state index in [1.165, 1.54) is 55.5 Å². The SMILES string of the molecule is C1=C2N=C(c3ccc[nH]3)C=C2OC2CCCCCCCCc3cc2c1[nH]3. The lowest BCUT2D eigenvalue weighted by atomic mass is 10.00. The van der Waals surface area contributed by atoms with Gasteiger partial charge in [0.25, 0.3) is 0 Å². The normalized spacial score (nSPS) is 22.8. The van der Waals surface area contributed by atoms with Gasteiger partial charge < -0.3 is 14.7 Å². The van der Waals surface area contributed by atoms with Crippen LogP contribution in [0.3, 0.4) is 0 Å². The van der Waals surface area contributed by atoms with Crippen LogP contribution >= 0.6 is 0 Å². The van der Waals surface area contributed by atoms with Crippen molar-refractivity contribution in [3.05, 3.63) is 64.6 Å². The van der Waals surface area contributed by atoms with E-state index in [4.69, 9.17) is 9.73 Å². The monoisotopic (exact) mass is 347 g/mol. The Balaban J connectivity index is 1.53. The van der Waals surface area contributed by atoms with E-state index in [-0.39, 0.29) is 6.10 Å². The van der Waals surface area contributed by atoms with Crippen LogP contribution in [0.2, 0.25) is 0 Å². The lowest BCUT2D eigenvalue weighted by molar-refractivity contribution is 0.114. The van der Waals surface area contributed by atoms with Crippen molar-refractivity contribution in [2.45, 2.75) is 57.5 Å². The topological polar surface area (TPSA) is 53.2 Å². The lowest BCUT2D eigenvalue weighted by Gasteiger charge is -2.18. The highest BCUT2D eigenvalue weighted by atomic mass is 16.5. The van der Waals surface area contributed by atoms with Crippen molar-refractivity contribution in [2.75, 3.05) is 0 Å². The number of ether oxygens (including phenoxy) is 1. The Morgan fingerprint density at radius 2 is 1.92 bits per heavy atom. The van der Waals surface area contributed by atoms with Crippen LogP contribution in [-0.2, 0) is 11.2 Å². The molecular weight excluding hydrogens is 322 g/mol. The number of aromatic amines is 2. The van der Waals surface area contributed by atoms with E-state index in [1.807, 2.05) is 18.3 Å². The number of H-pyrrole nitrogens is 2. The molecule has 4 heterocycles. The van der Waals surface area contributed by atoms with Crippen molar-refractivity contribution in [2.24, 2.45) is 4.99 Å². The summed E-state index contributed by atoms with van der Waals surface area (Å²) in [5, 5.41) is 0. The molecule has 4 nitrogen and oxygen atoms in total. The molecule has 1 aliphatic carbocycles. The Labute approximate surface area is 154 Å². The summed E-state index contributed by atoms with van der Waals surface area (Å²) >= 11 is 0. The Kier molecular flexibility index (Phi) is 4.04. The van der Waals surface area contributed by atoms with Gasteiger partial charge in [-0.2, -0.15) is 0 Å². The second kappa shape index (κ2) is 6.67. The molecule has 134 valence electrons. The first kappa shape index (κ1) is 15.7. The quantitative estimate of drug-likeness (QED) is 0.710. The predicted octanol–water partition coefficient (Wildman–Crippen LogP) is 5.43. The maximum absolute atomic E-state index is 6.49. The number of allylic oxidation sites excluding steroid dienone is 1. The third kappa shape index (κ3) is 2.94. The van der Waals surface area contributed by atoms with E-state index in [9.17, 15) is 0 Å². The van der Waals surface area contributed by atoms with Gasteiger partial charge in [-0.1, -0.05) is 25.7 Å². The molecule has 0 radical (unpaired) electrons. The molecule has 1 atom stereocenters. The van der Waals surface area contributed by atoms with Crippen molar-refractivity contribution in [1.29, 1.82) is 0 Å². The zero-order chi connectivity index (χ0) is 17.3. The van der Waals surface area contributed by atoms with Crippen LogP contribution in [0.5, 0.6) is 0 Å². The fourth-order valence-corrected chi connectivity index (χ4v) is 4.23. The first-order chi connectivity index (χ1) is 12.9. The van der Waals surface area contributed by atoms with E-state index in [0.29, 0.717) is 0 Å². The number of aromatic nitrogens is 2. The van der Waals surface area contributed by atoms with Crippen molar-refractivity contribution in [3.63, 3.8) is 0 Å². The maximum Gasteiger partial charge on any atom is 0.148 e. The second-order valence-electron chi connectivity index (χ2n) is 7.55. The van der Waals surface area contributed by atoms with Crippen molar-refractivity contribution >= 4 is 11.8 Å².